The van der Waals surface area contributed by atoms with Gasteiger partial charge in [0.2, 0.25) is 10.0 Å². The van der Waals surface area contributed by atoms with E-state index in [1.807, 2.05) is 6.92 Å². The summed E-state index contributed by atoms with van der Waals surface area (Å²) in [7, 11) is -3.68. The van der Waals surface area contributed by atoms with Crippen molar-refractivity contribution in [1.29, 1.82) is 0 Å². The van der Waals surface area contributed by atoms with E-state index in [9.17, 15) is 13.2 Å². The van der Waals surface area contributed by atoms with E-state index >= 15 is 0 Å². The largest absolute Gasteiger partial charge is 0.480 e. The lowest BCUT2D eigenvalue weighted by molar-refractivity contribution is -0.137. The second-order valence-electron chi connectivity index (χ2n) is 5.57. The van der Waals surface area contributed by atoms with Gasteiger partial charge in [0.25, 0.3) is 0 Å². The summed E-state index contributed by atoms with van der Waals surface area (Å²) in [6.07, 6.45) is 2.64. The molecule has 0 aromatic carbocycles. The Morgan fingerprint density at radius 1 is 1.45 bits per heavy atom. The average molecular weight is 301 g/mol. The summed E-state index contributed by atoms with van der Waals surface area (Å²) in [6, 6.07) is 0. The van der Waals surface area contributed by atoms with E-state index in [0.29, 0.717) is 11.4 Å². The summed E-state index contributed by atoms with van der Waals surface area (Å²) >= 11 is 0. The highest BCUT2D eigenvalue weighted by molar-refractivity contribution is 7.89. The summed E-state index contributed by atoms with van der Waals surface area (Å²) in [5.74, 6) is -1.06. The zero-order valence-electron chi connectivity index (χ0n) is 11.8. The smallest absolute Gasteiger partial charge is 0.325 e. The monoisotopic (exact) mass is 301 g/mol. The van der Waals surface area contributed by atoms with Crippen LogP contribution in [-0.4, -0.2) is 34.8 Å². The first-order valence-electron chi connectivity index (χ1n) is 6.44. The van der Waals surface area contributed by atoms with Crippen molar-refractivity contribution >= 4 is 16.0 Å². The second kappa shape index (κ2) is 4.85. The highest BCUT2D eigenvalue weighted by atomic mass is 32.2. The lowest BCUT2D eigenvalue weighted by Gasteiger charge is -2.38. The molecule has 112 valence electrons. The van der Waals surface area contributed by atoms with Gasteiger partial charge in [0, 0.05) is 5.54 Å². The first-order chi connectivity index (χ1) is 9.15. The van der Waals surface area contributed by atoms with E-state index in [4.69, 9.17) is 5.11 Å². The van der Waals surface area contributed by atoms with E-state index in [0.717, 1.165) is 19.3 Å². The highest BCUT2D eigenvalue weighted by Crippen LogP contribution is 2.33. The molecule has 20 heavy (non-hydrogen) atoms. The normalized spacial score (nSPS) is 17.8. The van der Waals surface area contributed by atoms with Crippen LogP contribution >= 0.6 is 0 Å². The molecule has 0 atom stereocenters. The van der Waals surface area contributed by atoms with Crippen molar-refractivity contribution in [2.45, 2.75) is 57.0 Å². The molecule has 0 saturated heterocycles. The fraction of sp³-hybridized carbons (Fsp3) is 0.667. The van der Waals surface area contributed by atoms with E-state index in [1.54, 1.807) is 13.8 Å². The Morgan fingerprint density at radius 3 is 2.50 bits per heavy atom. The molecule has 0 aliphatic heterocycles. The summed E-state index contributed by atoms with van der Waals surface area (Å²) in [4.78, 5) is 10.8. The molecule has 0 unspecified atom stereocenters. The molecule has 0 spiro atoms. The lowest BCUT2D eigenvalue weighted by atomic mass is 9.80. The van der Waals surface area contributed by atoms with Crippen LogP contribution in [-0.2, 0) is 21.4 Å². The maximum Gasteiger partial charge on any atom is 0.325 e. The number of carboxylic acid groups (broad SMARTS) is 1. The minimum Gasteiger partial charge on any atom is -0.480 e. The first kappa shape index (κ1) is 15.0. The number of aryl methyl sites for hydroxylation is 1. The predicted molar refractivity (Wildman–Crippen MR) is 71.9 cm³/mol. The van der Waals surface area contributed by atoms with Gasteiger partial charge in [-0.15, -0.1) is 0 Å². The molecule has 1 aliphatic rings. The van der Waals surface area contributed by atoms with Gasteiger partial charge in [0.15, 0.2) is 0 Å². The van der Waals surface area contributed by atoms with E-state index < -0.39 is 21.5 Å². The molecule has 0 amide bonds. The van der Waals surface area contributed by atoms with Crippen LogP contribution < -0.4 is 4.72 Å². The minimum atomic E-state index is -3.68. The Morgan fingerprint density at radius 2 is 2.05 bits per heavy atom. The highest BCUT2D eigenvalue weighted by Gasteiger charge is 2.38. The Bertz CT molecular complexity index is 644. The quantitative estimate of drug-likeness (QED) is 0.838. The molecule has 2 N–H and O–H groups in total. The summed E-state index contributed by atoms with van der Waals surface area (Å²) in [5, 5.41) is 12.8. The molecule has 1 aromatic rings. The van der Waals surface area contributed by atoms with Gasteiger partial charge in [-0.2, -0.15) is 5.10 Å². The van der Waals surface area contributed by atoms with Crippen molar-refractivity contribution in [3.05, 3.63) is 11.4 Å². The van der Waals surface area contributed by atoms with Crippen molar-refractivity contribution in [1.82, 2.24) is 14.5 Å². The molecule has 0 bridgehead atoms. The van der Waals surface area contributed by atoms with Crippen LogP contribution in [0.3, 0.4) is 0 Å². The third kappa shape index (κ3) is 2.71. The molecule has 1 aromatic heterocycles. The summed E-state index contributed by atoms with van der Waals surface area (Å²) in [5.41, 5.74) is 0.270. The Balaban J connectivity index is 2.36. The maximum atomic E-state index is 12.5. The Kier molecular flexibility index (Phi) is 3.64. The van der Waals surface area contributed by atoms with Crippen LogP contribution in [0.2, 0.25) is 0 Å². The van der Waals surface area contributed by atoms with Crippen LogP contribution in [0.25, 0.3) is 0 Å². The summed E-state index contributed by atoms with van der Waals surface area (Å²) < 4.78 is 28.8. The SMILES string of the molecule is Cc1nn(CC(=O)O)c(C)c1S(=O)(=O)NC1(C)CCC1. The second-order valence-corrected chi connectivity index (χ2v) is 7.19. The van der Waals surface area contributed by atoms with Crippen LogP contribution in [0.4, 0.5) is 0 Å². The van der Waals surface area contributed by atoms with Crippen LogP contribution in [0.5, 0.6) is 0 Å². The molecule has 1 saturated carbocycles. The number of sulfonamides is 1. The van der Waals surface area contributed by atoms with Crippen LogP contribution in [0.15, 0.2) is 4.90 Å². The van der Waals surface area contributed by atoms with Crippen molar-refractivity contribution < 1.29 is 18.3 Å². The van der Waals surface area contributed by atoms with Crippen molar-refractivity contribution in [2.75, 3.05) is 0 Å². The third-order valence-electron chi connectivity index (χ3n) is 3.71. The standard InChI is InChI=1S/C12H19N3O4S/c1-8-11(9(2)15(13-8)7-10(16)17)20(18,19)14-12(3)5-4-6-12/h14H,4-7H2,1-3H3,(H,16,17). The fourth-order valence-corrected chi connectivity index (χ4v) is 4.42. The summed E-state index contributed by atoms with van der Waals surface area (Å²) in [6.45, 7) is 4.67. The topological polar surface area (TPSA) is 101 Å². The molecule has 0 radical (unpaired) electrons. The van der Waals surface area contributed by atoms with Gasteiger partial charge in [0.05, 0.1) is 11.4 Å². The van der Waals surface area contributed by atoms with Gasteiger partial charge in [-0.25, -0.2) is 13.1 Å². The Labute approximate surface area is 118 Å². The molecule has 1 aliphatic carbocycles. The molecule has 7 nitrogen and oxygen atoms in total. The van der Waals surface area contributed by atoms with Gasteiger partial charge in [-0.05, 0) is 40.0 Å². The minimum absolute atomic E-state index is 0.0897. The zero-order chi connectivity index (χ0) is 15.1. The number of rotatable bonds is 5. The van der Waals surface area contributed by atoms with Gasteiger partial charge in [0.1, 0.15) is 11.4 Å². The molecule has 8 heteroatoms. The van der Waals surface area contributed by atoms with Crippen LogP contribution in [0.1, 0.15) is 37.6 Å². The van der Waals surface area contributed by atoms with Crippen molar-refractivity contribution in [2.24, 2.45) is 0 Å². The number of nitrogens with one attached hydrogen (secondary N) is 1. The predicted octanol–water partition coefficient (Wildman–Crippen LogP) is 0.805. The molecular weight excluding hydrogens is 282 g/mol. The van der Waals surface area contributed by atoms with E-state index in [2.05, 4.69) is 9.82 Å². The molecule has 1 fully saturated rings. The third-order valence-corrected chi connectivity index (χ3v) is 5.60. The number of nitrogens with zero attached hydrogens (tertiary/aromatic N) is 2. The van der Waals surface area contributed by atoms with E-state index in [1.165, 1.54) is 4.68 Å². The zero-order valence-corrected chi connectivity index (χ0v) is 12.6. The van der Waals surface area contributed by atoms with Crippen molar-refractivity contribution in [3.63, 3.8) is 0 Å². The van der Waals surface area contributed by atoms with Gasteiger partial charge < -0.3 is 5.11 Å². The number of carboxylic acids is 1. The van der Waals surface area contributed by atoms with Gasteiger partial charge in [-0.1, -0.05) is 0 Å². The van der Waals surface area contributed by atoms with Crippen LogP contribution in [0, 0.1) is 13.8 Å². The number of aliphatic carboxylic acids is 1. The number of aromatic nitrogens is 2. The maximum absolute atomic E-state index is 12.5. The molecule has 2 rings (SSSR count). The van der Waals surface area contributed by atoms with Gasteiger partial charge >= 0.3 is 5.97 Å². The average Bonchev–Trinajstić information content (AvgIpc) is 2.50. The van der Waals surface area contributed by atoms with Crippen molar-refractivity contribution in [3.8, 4) is 0 Å². The van der Waals surface area contributed by atoms with Gasteiger partial charge in [-0.3, -0.25) is 9.48 Å². The number of hydrogen-bond acceptors (Lipinski definition) is 4. The molecule has 1 heterocycles. The fourth-order valence-electron chi connectivity index (χ4n) is 2.54. The Hall–Kier alpha value is -1.41. The number of carbonyl (C=O) groups is 1. The first-order valence-corrected chi connectivity index (χ1v) is 7.93. The van der Waals surface area contributed by atoms with E-state index in [-0.39, 0.29) is 11.4 Å². The molecular formula is C12H19N3O4S. The number of hydrogen-bond donors (Lipinski definition) is 2. The lowest BCUT2D eigenvalue weighted by Crippen LogP contribution is -2.50.